The molecule has 2 N–H and O–H groups in total. The van der Waals surface area contributed by atoms with E-state index in [1.807, 2.05) is 0 Å². The van der Waals surface area contributed by atoms with Crippen molar-refractivity contribution in [2.45, 2.75) is 30.7 Å². The van der Waals surface area contributed by atoms with Crippen molar-refractivity contribution >= 4 is 33.2 Å². The van der Waals surface area contributed by atoms with Gasteiger partial charge in [-0.1, -0.05) is 0 Å². The fourth-order valence-corrected chi connectivity index (χ4v) is 4.66. The Kier molecular flexibility index (Phi) is 4.64. The number of carbonyl (C=O) groups is 2. The lowest BCUT2D eigenvalue weighted by atomic mass is 10.3. The summed E-state index contributed by atoms with van der Waals surface area (Å²) in [6, 6.07) is 0.264. The summed E-state index contributed by atoms with van der Waals surface area (Å²) in [4.78, 5) is 22.8. The van der Waals surface area contributed by atoms with Crippen LogP contribution in [0.4, 0.5) is 0 Å². The van der Waals surface area contributed by atoms with Crippen LogP contribution in [-0.4, -0.2) is 48.8 Å². The van der Waals surface area contributed by atoms with E-state index < -0.39 is 27.9 Å². The zero-order chi connectivity index (χ0) is 15.6. The van der Waals surface area contributed by atoms with Crippen molar-refractivity contribution in [1.82, 2.24) is 9.62 Å². The standard InChI is InChI=1S/C12H16N2O5S2/c1-8(12(16)17)13-11(15)10-6-9(7-20-10)21(18,19)14-4-2-3-5-14/h6-8H,2-5H2,1H3,(H,13,15)(H,16,17). The highest BCUT2D eigenvalue weighted by Crippen LogP contribution is 2.25. The van der Waals surface area contributed by atoms with Crippen molar-refractivity contribution < 1.29 is 23.1 Å². The van der Waals surface area contributed by atoms with Crippen LogP contribution in [0.25, 0.3) is 0 Å². The number of carbonyl (C=O) groups excluding carboxylic acids is 1. The van der Waals surface area contributed by atoms with E-state index in [1.54, 1.807) is 0 Å². The van der Waals surface area contributed by atoms with Gasteiger partial charge in [-0.2, -0.15) is 4.31 Å². The predicted octanol–water partition coefficient (Wildman–Crippen LogP) is 0.736. The van der Waals surface area contributed by atoms with Crippen LogP contribution in [0, 0.1) is 0 Å². The van der Waals surface area contributed by atoms with Gasteiger partial charge >= 0.3 is 5.97 Å². The molecular formula is C12H16N2O5S2. The SMILES string of the molecule is CC(NC(=O)c1cc(S(=O)(=O)N2CCCC2)cs1)C(=O)O. The fourth-order valence-electron chi connectivity index (χ4n) is 1.98. The van der Waals surface area contributed by atoms with Crippen LogP contribution in [0.15, 0.2) is 16.3 Å². The first-order valence-electron chi connectivity index (χ1n) is 6.44. The zero-order valence-corrected chi connectivity index (χ0v) is 13.0. The molecule has 0 aliphatic carbocycles. The van der Waals surface area contributed by atoms with Gasteiger partial charge in [-0.25, -0.2) is 8.42 Å². The Balaban J connectivity index is 2.14. The summed E-state index contributed by atoms with van der Waals surface area (Å²) in [7, 11) is -3.55. The predicted molar refractivity (Wildman–Crippen MR) is 76.9 cm³/mol. The van der Waals surface area contributed by atoms with E-state index in [0.717, 1.165) is 24.2 Å². The molecule has 1 saturated heterocycles. The van der Waals surface area contributed by atoms with Crippen LogP contribution in [0.3, 0.4) is 0 Å². The number of aliphatic carboxylic acids is 1. The Hall–Kier alpha value is -1.45. The number of carboxylic acids is 1. The van der Waals surface area contributed by atoms with Gasteiger partial charge in [0.15, 0.2) is 0 Å². The van der Waals surface area contributed by atoms with E-state index >= 15 is 0 Å². The molecule has 0 radical (unpaired) electrons. The van der Waals surface area contributed by atoms with Gasteiger partial charge in [0.25, 0.3) is 5.91 Å². The highest BCUT2D eigenvalue weighted by molar-refractivity contribution is 7.89. The molecule has 1 amide bonds. The van der Waals surface area contributed by atoms with E-state index in [9.17, 15) is 18.0 Å². The van der Waals surface area contributed by atoms with Crippen molar-refractivity contribution in [3.05, 3.63) is 16.3 Å². The van der Waals surface area contributed by atoms with Crippen molar-refractivity contribution in [2.75, 3.05) is 13.1 Å². The van der Waals surface area contributed by atoms with Crippen LogP contribution in [-0.2, 0) is 14.8 Å². The first-order chi connectivity index (χ1) is 9.82. The molecule has 116 valence electrons. The smallest absolute Gasteiger partial charge is 0.325 e. The third-order valence-electron chi connectivity index (χ3n) is 3.22. The Labute approximate surface area is 126 Å². The second-order valence-corrected chi connectivity index (χ2v) is 7.64. The fraction of sp³-hybridized carbons (Fsp3) is 0.500. The van der Waals surface area contributed by atoms with Crippen LogP contribution in [0.1, 0.15) is 29.4 Å². The highest BCUT2D eigenvalue weighted by Gasteiger charge is 2.29. The van der Waals surface area contributed by atoms with Gasteiger partial charge in [-0.3, -0.25) is 9.59 Å². The number of rotatable bonds is 5. The molecule has 2 heterocycles. The monoisotopic (exact) mass is 332 g/mol. The van der Waals surface area contributed by atoms with Crippen molar-refractivity contribution in [3.63, 3.8) is 0 Å². The van der Waals surface area contributed by atoms with E-state index in [0.29, 0.717) is 13.1 Å². The molecule has 0 saturated carbocycles. The molecule has 21 heavy (non-hydrogen) atoms. The first kappa shape index (κ1) is 15.9. The summed E-state index contributed by atoms with van der Waals surface area (Å²) in [5, 5.41) is 12.4. The number of nitrogens with zero attached hydrogens (tertiary/aromatic N) is 1. The summed E-state index contributed by atoms with van der Waals surface area (Å²) in [5.41, 5.74) is 0. The van der Waals surface area contributed by atoms with Crippen molar-refractivity contribution in [1.29, 1.82) is 0 Å². The molecule has 1 fully saturated rings. The summed E-state index contributed by atoms with van der Waals surface area (Å²) in [6.07, 6.45) is 1.68. The zero-order valence-electron chi connectivity index (χ0n) is 11.4. The largest absolute Gasteiger partial charge is 0.480 e. The van der Waals surface area contributed by atoms with Gasteiger partial charge in [0.05, 0.1) is 9.77 Å². The Morgan fingerprint density at radius 1 is 1.38 bits per heavy atom. The third-order valence-corrected chi connectivity index (χ3v) is 6.17. The molecule has 0 spiro atoms. The molecule has 0 bridgehead atoms. The molecule has 1 aromatic heterocycles. The Morgan fingerprint density at radius 2 is 2.00 bits per heavy atom. The number of carboxylic acid groups (broad SMARTS) is 1. The maximum Gasteiger partial charge on any atom is 0.325 e. The minimum atomic E-state index is -3.55. The van der Waals surface area contributed by atoms with Crippen molar-refractivity contribution in [2.24, 2.45) is 0 Å². The van der Waals surface area contributed by atoms with E-state index in [2.05, 4.69) is 5.32 Å². The summed E-state index contributed by atoms with van der Waals surface area (Å²) in [5.74, 6) is -1.73. The molecule has 1 aromatic rings. The molecule has 1 aliphatic rings. The van der Waals surface area contributed by atoms with E-state index in [4.69, 9.17) is 5.11 Å². The maximum atomic E-state index is 12.3. The van der Waals surface area contributed by atoms with Crippen LogP contribution in [0.2, 0.25) is 0 Å². The molecular weight excluding hydrogens is 316 g/mol. The normalized spacial score (nSPS) is 17.6. The molecule has 2 rings (SSSR count). The lowest BCUT2D eigenvalue weighted by Crippen LogP contribution is -2.37. The van der Waals surface area contributed by atoms with Gasteiger partial charge < -0.3 is 10.4 Å². The number of nitrogens with one attached hydrogen (secondary N) is 1. The van der Waals surface area contributed by atoms with Gasteiger partial charge in [0.1, 0.15) is 6.04 Å². The number of thiophene rings is 1. The number of sulfonamides is 1. The second kappa shape index (κ2) is 6.12. The van der Waals surface area contributed by atoms with Gasteiger partial charge in [0, 0.05) is 18.5 Å². The van der Waals surface area contributed by atoms with Crippen LogP contribution in [0.5, 0.6) is 0 Å². The molecule has 0 aromatic carbocycles. The van der Waals surface area contributed by atoms with Crippen molar-refractivity contribution in [3.8, 4) is 0 Å². The lowest BCUT2D eigenvalue weighted by molar-refractivity contribution is -0.138. The molecule has 1 unspecified atom stereocenters. The maximum absolute atomic E-state index is 12.3. The lowest BCUT2D eigenvalue weighted by Gasteiger charge is -2.13. The number of hydrogen-bond donors (Lipinski definition) is 2. The minimum Gasteiger partial charge on any atom is -0.480 e. The van der Waals surface area contributed by atoms with Crippen LogP contribution < -0.4 is 5.32 Å². The topological polar surface area (TPSA) is 104 Å². The summed E-state index contributed by atoms with van der Waals surface area (Å²) >= 11 is 0.986. The summed E-state index contributed by atoms with van der Waals surface area (Å²) < 4.78 is 26.0. The van der Waals surface area contributed by atoms with Gasteiger partial charge in [-0.15, -0.1) is 11.3 Å². The average molecular weight is 332 g/mol. The summed E-state index contributed by atoms with van der Waals surface area (Å²) in [6.45, 7) is 2.33. The molecule has 7 nitrogen and oxygen atoms in total. The molecule has 9 heteroatoms. The second-order valence-electron chi connectivity index (χ2n) is 4.79. The van der Waals surface area contributed by atoms with E-state index in [-0.39, 0.29) is 9.77 Å². The highest BCUT2D eigenvalue weighted by atomic mass is 32.2. The Bertz CT molecular complexity index is 646. The van der Waals surface area contributed by atoms with Gasteiger partial charge in [-0.05, 0) is 25.8 Å². The number of amides is 1. The first-order valence-corrected chi connectivity index (χ1v) is 8.76. The molecule has 1 aliphatic heterocycles. The minimum absolute atomic E-state index is 0.0857. The average Bonchev–Trinajstić information content (AvgIpc) is 3.10. The van der Waals surface area contributed by atoms with E-state index in [1.165, 1.54) is 22.7 Å². The quantitative estimate of drug-likeness (QED) is 0.827. The number of hydrogen-bond acceptors (Lipinski definition) is 5. The Morgan fingerprint density at radius 3 is 2.57 bits per heavy atom. The van der Waals surface area contributed by atoms with Crippen LogP contribution >= 0.6 is 11.3 Å². The third kappa shape index (κ3) is 3.42. The molecule has 1 atom stereocenters. The van der Waals surface area contributed by atoms with Gasteiger partial charge in [0.2, 0.25) is 10.0 Å².